The van der Waals surface area contributed by atoms with Crippen LogP contribution in [0.1, 0.15) is 6.42 Å². The summed E-state index contributed by atoms with van der Waals surface area (Å²) in [6.45, 7) is 10.6. The molecule has 138 valence electrons. The number of hydrogen-bond donors (Lipinski definition) is 0. The van der Waals surface area contributed by atoms with Crippen LogP contribution in [0.3, 0.4) is 0 Å². The summed E-state index contributed by atoms with van der Waals surface area (Å²) in [5, 5.41) is 2.56. The lowest BCUT2D eigenvalue weighted by Gasteiger charge is -2.37. The van der Waals surface area contributed by atoms with Gasteiger partial charge >= 0.3 is 5.97 Å². The van der Waals surface area contributed by atoms with Crippen molar-refractivity contribution in [3.05, 3.63) is 73.3 Å². The molecule has 0 aliphatic heterocycles. The molecule has 0 amide bonds. The molecule has 0 saturated heterocycles. The molecule has 0 spiro atoms. The summed E-state index contributed by atoms with van der Waals surface area (Å²) in [7, 11) is -4.23. The van der Waals surface area contributed by atoms with Gasteiger partial charge in [0.05, 0.1) is 6.61 Å². The minimum absolute atomic E-state index is 0.363. The van der Waals surface area contributed by atoms with Crippen LogP contribution >= 0.6 is 0 Å². The molecule has 0 radical (unpaired) electrons. The van der Waals surface area contributed by atoms with E-state index in [4.69, 9.17) is 8.85 Å². The van der Waals surface area contributed by atoms with Gasteiger partial charge in [-0.05, 0) is 42.5 Å². The number of benzene rings is 2. The highest BCUT2D eigenvalue weighted by molar-refractivity contribution is 7.01. The fourth-order valence-corrected chi connectivity index (χ4v) is 11.9. The SMILES string of the molecule is C=CC(=O)OCCC[Si](C)(C)O[Si](C)(c1ccccc1)c1ccccc1. The van der Waals surface area contributed by atoms with Gasteiger partial charge in [0.15, 0.2) is 8.32 Å². The Morgan fingerprint density at radius 2 is 1.46 bits per heavy atom. The van der Waals surface area contributed by atoms with E-state index >= 15 is 0 Å². The molecule has 26 heavy (non-hydrogen) atoms. The number of carbonyl (C=O) groups excluding carboxylic acids is 1. The normalized spacial score (nSPS) is 11.8. The third-order valence-electron chi connectivity index (χ3n) is 4.46. The number of carbonyl (C=O) groups is 1. The molecule has 0 saturated carbocycles. The zero-order valence-corrected chi connectivity index (χ0v) is 17.9. The Bertz CT molecular complexity index is 675. The van der Waals surface area contributed by atoms with Crippen molar-refractivity contribution in [3.8, 4) is 0 Å². The van der Waals surface area contributed by atoms with Gasteiger partial charge in [0.2, 0.25) is 8.32 Å². The molecule has 3 nitrogen and oxygen atoms in total. The van der Waals surface area contributed by atoms with Crippen LogP contribution in [0.5, 0.6) is 0 Å². The molecule has 0 fully saturated rings. The summed E-state index contributed by atoms with van der Waals surface area (Å²) in [6.07, 6.45) is 2.01. The van der Waals surface area contributed by atoms with Crippen LogP contribution < -0.4 is 10.4 Å². The molecular formula is C21H28O3Si2. The summed E-state index contributed by atoms with van der Waals surface area (Å²) in [5.74, 6) is -0.363. The number of esters is 1. The van der Waals surface area contributed by atoms with Crippen molar-refractivity contribution in [1.29, 1.82) is 0 Å². The van der Waals surface area contributed by atoms with Crippen molar-refractivity contribution in [2.45, 2.75) is 32.1 Å². The van der Waals surface area contributed by atoms with E-state index in [0.717, 1.165) is 12.5 Å². The first-order chi connectivity index (χ1) is 12.4. The molecule has 5 heteroatoms. The van der Waals surface area contributed by atoms with E-state index in [2.05, 4.69) is 74.8 Å². The van der Waals surface area contributed by atoms with E-state index in [1.54, 1.807) is 0 Å². The number of ether oxygens (including phenoxy) is 1. The van der Waals surface area contributed by atoms with Crippen LogP contribution in [0.4, 0.5) is 0 Å². The summed E-state index contributed by atoms with van der Waals surface area (Å²) >= 11 is 0. The standard InChI is InChI=1S/C21H28O3Si2/c1-5-21(22)23-17-12-18-25(2,3)24-26(4,19-13-8-6-9-14-19)20-15-10-7-11-16-20/h5-11,13-16H,1,12,17-18H2,2-4H3. The van der Waals surface area contributed by atoms with Gasteiger partial charge in [-0.2, -0.15) is 0 Å². The van der Waals surface area contributed by atoms with E-state index < -0.39 is 16.6 Å². The Morgan fingerprint density at radius 3 is 1.92 bits per heavy atom. The Kier molecular flexibility index (Phi) is 7.14. The maximum Gasteiger partial charge on any atom is 0.330 e. The zero-order valence-electron chi connectivity index (χ0n) is 15.9. The number of rotatable bonds is 9. The highest BCUT2D eigenvalue weighted by Crippen LogP contribution is 2.20. The lowest BCUT2D eigenvalue weighted by molar-refractivity contribution is -0.137. The Labute approximate surface area is 158 Å². The molecule has 0 unspecified atom stereocenters. The van der Waals surface area contributed by atoms with Gasteiger partial charge in [-0.3, -0.25) is 0 Å². The summed E-state index contributed by atoms with van der Waals surface area (Å²) < 4.78 is 12.1. The average molecular weight is 385 g/mol. The molecule has 0 N–H and O–H groups in total. The third-order valence-corrected chi connectivity index (χ3v) is 12.7. The topological polar surface area (TPSA) is 35.5 Å². The smallest absolute Gasteiger partial charge is 0.330 e. The summed E-state index contributed by atoms with van der Waals surface area (Å²) in [5.41, 5.74) is 0. The van der Waals surface area contributed by atoms with Crippen molar-refractivity contribution >= 4 is 33.0 Å². The van der Waals surface area contributed by atoms with Crippen molar-refractivity contribution in [1.82, 2.24) is 0 Å². The highest BCUT2D eigenvalue weighted by Gasteiger charge is 2.39. The molecule has 2 rings (SSSR count). The molecule has 0 aromatic heterocycles. The Balaban J connectivity index is 2.16. The van der Waals surface area contributed by atoms with E-state index in [-0.39, 0.29) is 5.97 Å². The first-order valence-electron chi connectivity index (χ1n) is 8.98. The minimum atomic E-state index is -2.29. The first kappa shape index (κ1) is 20.4. The molecule has 2 aromatic rings. The molecule has 2 aromatic carbocycles. The first-order valence-corrected chi connectivity index (χ1v) is 14.5. The van der Waals surface area contributed by atoms with Gasteiger partial charge in [-0.15, -0.1) is 0 Å². The third kappa shape index (κ3) is 5.52. The predicted octanol–water partition coefficient (Wildman–Crippen LogP) is 3.72. The van der Waals surface area contributed by atoms with E-state index in [1.807, 2.05) is 12.1 Å². The second-order valence-electron chi connectivity index (χ2n) is 7.10. The molecular weight excluding hydrogens is 356 g/mol. The van der Waals surface area contributed by atoms with Gasteiger partial charge in [0, 0.05) is 6.08 Å². The van der Waals surface area contributed by atoms with Crippen LogP contribution in [0.25, 0.3) is 0 Å². The van der Waals surface area contributed by atoms with Gasteiger partial charge in [-0.25, -0.2) is 4.79 Å². The summed E-state index contributed by atoms with van der Waals surface area (Å²) in [4.78, 5) is 11.2. The van der Waals surface area contributed by atoms with Crippen LogP contribution in [0, 0.1) is 0 Å². The number of hydrogen-bond acceptors (Lipinski definition) is 3. The van der Waals surface area contributed by atoms with E-state index in [1.165, 1.54) is 16.4 Å². The molecule has 0 aliphatic rings. The maximum absolute atomic E-state index is 11.2. The van der Waals surface area contributed by atoms with Crippen molar-refractivity contribution in [3.63, 3.8) is 0 Å². The largest absolute Gasteiger partial charge is 0.463 e. The van der Waals surface area contributed by atoms with Crippen molar-refractivity contribution in [2.24, 2.45) is 0 Å². The minimum Gasteiger partial charge on any atom is -0.463 e. The van der Waals surface area contributed by atoms with Gasteiger partial charge in [0.1, 0.15) is 0 Å². The van der Waals surface area contributed by atoms with E-state index in [9.17, 15) is 4.79 Å². The predicted molar refractivity (Wildman–Crippen MR) is 113 cm³/mol. The van der Waals surface area contributed by atoms with E-state index in [0.29, 0.717) is 6.61 Å². The van der Waals surface area contributed by atoms with Crippen molar-refractivity contribution < 1.29 is 13.6 Å². The molecule has 0 bridgehead atoms. The monoisotopic (exact) mass is 384 g/mol. The quantitative estimate of drug-likeness (QED) is 0.286. The van der Waals surface area contributed by atoms with Crippen LogP contribution in [0.15, 0.2) is 73.3 Å². The second kappa shape index (κ2) is 9.12. The maximum atomic E-state index is 11.2. The van der Waals surface area contributed by atoms with Crippen molar-refractivity contribution in [2.75, 3.05) is 6.61 Å². The molecule has 0 heterocycles. The van der Waals surface area contributed by atoms with Crippen LogP contribution in [-0.4, -0.2) is 29.2 Å². The summed E-state index contributed by atoms with van der Waals surface area (Å²) in [6, 6.07) is 22.0. The Morgan fingerprint density at radius 1 is 0.962 bits per heavy atom. The lowest BCUT2D eigenvalue weighted by atomic mass is 10.4. The molecule has 0 aliphatic carbocycles. The average Bonchev–Trinajstić information content (AvgIpc) is 2.66. The van der Waals surface area contributed by atoms with Crippen LogP contribution in [-0.2, 0) is 13.6 Å². The fraction of sp³-hybridized carbons (Fsp3) is 0.286. The lowest BCUT2D eigenvalue weighted by Crippen LogP contribution is -2.62. The zero-order chi connectivity index (χ0) is 19.0. The highest BCUT2D eigenvalue weighted by atomic mass is 28.4. The van der Waals surface area contributed by atoms with Crippen LogP contribution in [0.2, 0.25) is 25.7 Å². The second-order valence-corrected chi connectivity index (χ2v) is 15.2. The molecule has 0 atom stereocenters. The fourth-order valence-electron chi connectivity index (χ4n) is 3.13. The van der Waals surface area contributed by atoms with Gasteiger partial charge in [0.25, 0.3) is 0 Å². The van der Waals surface area contributed by atoms with Gasteiger partial charge < -0.3 is 8.85 Å². The Hall–Kier alpha value is -1.96. The van der Waals surface area contributed by atoms with Gasteiger partial charge in [-0.1, -0.05) is 67.2 Å².